The third-order valence-corrected chi connectivity index (χ3v) is 3.85. The maximum absolute atomic E-state index is 12.7. The first-order valence-corrected chi connectivity index (χ1v) is 6.85. The number of hydrogen-bond acceptors (Lipinski definition) is 2. The first kappa shape index (κ1) is 12.7. The van der Waals surface area contributed by atoms with Crippen LogP contribution < -0.4 is 4.72 Å². The van der Waals surface area contributed by atoms with E-state index in [0.717, 1.165) is 0 Å². The lowest BCUT2D eigenvalue weighted by atomic mass is 10.2. The van der Waals surface area contributed by atoms with E-state index in [1.54, 1.807) is 30.3 Å². The summed E-state index contributed by atoms with van der Waals surface area (Å²) in [7, 11) is -3.51. The normalized spacial score (nSPS) is 11.4. The molecule has 0 aromatic heterocycles. The van der Waals surface area contributed by atoms with Crippen molar-refractivity contribution in [3.05, 3.63) is 66.0 Å². The molecule has 0 saturated heterocycles. The summed E-state index contributed by atoms with van der Waals surface area (Å²) < 4.78 is 38.9. The molecular formula is C13H12FNO2S. The highest BCUT2D eigenvalue weighted by Gasteiger charge is 2.12. The highest BCUT2D eigenvalue weighted by Crippen LogP contribution is 2.09. The smallest absolute Gasteiger partial charge is 0.207 e. The first-order chi connectivity index (χ1) is 8.58. The first-order valence-electron chi connectivity index (χ1n) is 5.37. The molecule has 94 valence electrons. The van der Waals surface area contributed by atoms with Gasteiger partial charge in [0, 0.05) is 6.54 Å². The van der Waals surface area contributed by atoms with Gasteiger partial charge in [0.1, 0.15) is 5.82 Å². The molecule has 1 N–H and O–H groups in total. The molecule has 0 spiro atoms. The van der Waals surface area contributed by atoms with Gasteiger partial charge in [-0.1, -0.05) is 30.3 Å². The van der Waals surface area contributed by atoms with E-state index in [0.29, 0.717) is 5.56 Å². The van der Waals surface area contributed by atoms with Gasteiger partial charge in [-0.25, -0.2) is 17.5 Å². The van der Waals surface area contributed by atoms with Crippen LogP contribution in [0.1, 0.15) is 5.56 Å². The van der Waals surface area contributed by atoms with Crippen molar-refractivity contribution in [2.75, 3.05) is 0 Å². The van der Waals surface area contributed by atoms with E-state index in [2.05, 4.69) is 4.72 Å². The lowest BCUT2D eigenvalue weighted by Crippen LogP contribution is -2.23. The number of sulfonamides is 1. The molecule has 18 heavy (non-hydrogen) atoms. The fraction of sp³-hybridized carbons (Fsp3) is 0.0769. The number of rotatable bonds is 4. The van der Waals surface area contributed by atoms with Crippen LogP contribution in [-0.2, 0) is 16.6 Å². The molecule has 0 aliphatic carbocycles. The van der Waals surface area contributed by atoms with Gasteiger partial charge in [-0.2, -0.15) is 0 Å². The maximum atomic E-state index is 12.7. The fourth-order valence-corrected chi connectivity index (χ4v) is 2.50. The quantitative estimate of drug-likeness (QED) is 0.922. The number of hydrogen-bond donors (Lipinski definition) is 1. The van der Waals surface area contributed by atoms with Crippen molar-refractivity contribution in [3.63, 3.8) is 0 Å². The van der Waals surface area contributed by atoms with Crippen molar-refractivity contribution < 1.29 is 12.8 Å². The molecule has 3 nitrogen and oxygen atoms in total. The molecule has 0 radical (unpaired) electrons. The molecule has 0 aliphatic rings. The van der Waals surface area contributed by atoms with Crippen LogP contribution in [0.5, 0.6) is 0 Å². The summed E-state index contributed by atoms with van der Waals surface area (Å²) in [6.45, 7) is 0.136. The van der Waals surface area contributed by atoms with Gasteiger partial charge < -0.3 is 0 Å². The Hall–Kier alpha value is -1.72. The molecule has 5 heteroatoms. The molecule has 2 aromatic carbocycles. The molecule has 0 unspecified atom stereocenters. The van der Waals surface area contributed by atoms with Crippen molar-refractivity contribution in [2.24, 2.45) is 0 Å². The van der Waals surface area contributed by atoms with Crippen molar-refractivity contribution in [1.82, 2.24) is 4.72 Å². The number of halogens is 1. The second kappa shape index (κ2) is 5.29. The van der Waals surface area contributed by atoms with Crippen molar-refractivity contribution >= 4 is 10.0 Å². The molecule has 0 atom stereocenters. The lowest BCUT2D eigenvalue weighted by Gasteiger charge is -2.06. The topological polar surface area (TPSA) is 46.2 Å². The van der Waals surface area contributed by atoms with Gasteiger partial charge in [0.05, 0.1) is 4.90 Å². The Morgan fingerprint density at radius 3 is 2.17 bits per heavy atom. The van der Waals surface area contributed by atoms with E-state index >= 15 is 0 Å². The van der Waals surface area contributed by atoms with Gasteiger partial charge in [-0.3, -0.25) is 0 Å². The van der Waals surface area contributed by atoms with Crippen LogP contribution in [0, 0.1) is 5.82 Å². The molecule has 2 rings (SSSR count). The molecule has 2 aromatic rings. The fourth-order valence-electron chi connectivity index (χ4n) is 1.46. The average Bonchev–Trinajstić information content (AvgIpc) is 2.39. The Balaban J connectivity index is 2.08. The summed E-state index contributed by atoms with van der Waals surface area (Å²) in [5.74, 6) is -0.343. The standard InChI is InChI=1S/C13H12FNO2S/c14-12-8-6-11(7-9-12)10-15-18(16,17)13-4-2-1-3-5-13/h1-9,15H,10H2. The van der Waals surface area contributed by atoms with Gasteiger partial charge in [-0.15, -0.1) is 0 Å². The number of benzene rings is 2. The van der Waals surface area contributed by atoms with E-state index in [-0.39, 0.29) is 17.3 Å². The van der Waals surface area contributed by atoms with Gasteiger partial charge in [0.2, 0.25) is 10.0 Å². The zero-order valence-corrected chi connectivity index (χ0v) is 10.3. The summed E-state index contributed by atoms with van der Waals surface area (Å²) in [6.07, 6.45) is 0. The number of nitrogens with one attached hydrogen (secondary N) is 1. The molecule has 0 saturated carbocycles. The van der Waals surface area contributed by atoms with Gasteiger partial charge in [-0.05, 0) is 29.8 Å². The van der Waals surface area contributed by atoms with Crippen LogP contribution in [0.3, 0.4) is 0 Å². The summed E-state index contributed by atoms with van der Waals surface area (Å²) >= 11 is 0. The minimum atomic E-state index is -3.51. The van der Waals surface area contributed by atoms with Gasteiger partial charge in [0.25, 0.3) is 0 Å². The van der Waals surface area contributed by atoms with E-state index in [9.17, 15) is 12.8 Å². The molecule has 0 fully saturated rings. The van der Waals surface area contributed by atoms with Crippen LogP contribution in [0.2, 0.25) is 0 Å². The van der Waals surface area contributed by atoms with Crippen molar-refractivity contribution in [2.45, 2.75) is 11.4 Å². The monoisotopic (exact) mass is 265 g/mol. The third-order valence-electron chi connectivity index (χ3n) is 2.43. The van der Waals surface area contributed by atoms with E-state index in [1.165, 1.54) is 24.3 Å². The Morgan fingerprint density at radius 1 is 0.944 bits per heavy atom. The zero-order chi connectivity index (χ0) is 13.0. The minimum absolute atomic E-state index is 0.136. The minimum Gasteiger partial charge on any atom is -0.207 e. The highest BCUT2D eigenvalue weighted by molar-refractivity contribution is 7.89. The molecular weight excluding hydrogens is 253 g/mol. The maximum Gasteiger partial charge on any atom is 0.240 e. The van der Waals surface area contributed by atoms with E-state index < -0.39 is 10.0 Å². The summed E-state index contributed by atoms with van der Waals surface area (Å²) in [5, 5.41) is 0. The van der Waals surface area contributed by atoms with Gasteiger partial charge >= 0.3 is 0 Å². The predicted molar refractivity (Wildman–Crippen MR) is 66.9 cm³/mol. The highest BCUT2D eigenvalue weighted by atomic mass is 32.2. The Morgan fingerprint density at radius 2 is 1.56 bits per heavy atom. The summed E-state index contributed by atoms with van der Waals surface area (Å²) in [6, 6.07) is 13.8. The Labute approximate surface area is 105 Å². The molecule has 0 heterocycles. The van der Waals surface area contributed by atoms with Crippen LogP contribution in [0.4, 0.5) is 4.39 Å². The second-order valence-corrected chi connectivity index (χ2v) is 5.53. The molecule has 0 amide bonds. The summed E-state index contributed by atoms with van der Waals surface area (Å²) in [4.78, 5) is 0.215. The lowest BCUT2D eigenvalue weighted by molar-refractivity contribution is 0.581. The third kappa shape index (κ3) is 3.15. The largest absolute Gasteiger partial charge is 0.240 e. The Kier molecular flexibility index (Phi) is 3.74. The second-order valence-electron chi connectivity index (χ2n) is 3.76. The average molecular weight is 265 g/mol. The van der Waals surface area contributed by atoms with Crippen LogP contribution in [0.25, 0.3) is 0 Å². The molecule has 0 bridgehead atoms. The van der Waals surface area contributed by atoms with Crippen LogP contribution in [0.15, 0.2) is 59.5 Å². The SMILES string of the molecule is O=S(=O)(NCc1ccc(F)cc1)c1ccccc1. The van der Waals surface area contributed by atoms with Crippen LogP contribution >= 0.6 is 0 Å². The van der Waals surface area contributed by atoms with E-state index in [1.807, 2.05) is 0 Å². The zero-order valence-electron chi connectivity index (χ0n) is 9.51. The van der Waals surface area contributed by atoms with Gasteiger partial charge in [0.15, 0.2) is 0 Å². The van der Waals surface area contributed by atoms with Crippen LogP contribution in [-0.4, -0.2) is 8.42 Å². The summed E-state index contributed by atoms with van der Waals surface area (Å²) in [5.41, 5.74) is 0.705. The van der Waals surface area contributed by atoms with E-state index in [4.69, 9.17) is 0 Å². The predicted octanol–water partition coefficient (Wildman–Crippen LogP) is 2.30. The molecule has 0 aliphatic heterocycles. The Bertz CT molecular complexity index is 609. The van der Waals surface area contributed by atoms with Crippen molar-refractivity contribution in [3.8, 4) is 0 Å². The van der Waals surface area contributed by atoms with Crippen molar-refractivity contribution in [1.29, 1.82) is 0 Å².